The lowest BCUT2D eigenvalue weighted by molar-refractivity contribution is 0.466. The van der Waals surface area contributed by atoms with Crippen molar-refractivity contribution in [2.45, 2.75) is 13.0 Å². The molecule has 0 aliphatic carbocycles. The van der Waals surface area contributed by atoms with E-state index in [2.05, 4.69) is 15.3 Å². The molecule has 0 aliphatic heterocycles. The molecule has 20 heavy (non-hydrogen) atoms. The molecule has 0 saturated carbocycles. The van der Waals surface area contributed by atoms with Gasteiger partial charge in [0.2, 0.25) is 0 Å². The van der Waals surface area contributed by atoms with Gasteiger partial charge < -0.3 is 9.73 Å². The van der Waals surface area contributed by atoms with Crippen molar-refractivity contribution in [3.8, 4) is 0 Å². The second kappa shape index (κ2) is 5.02. The van der Waals surface area contributed by atoms with E-state index in [0.717, 1.165) is 10.9 Å². The third-order valence-electron chi connectivity index (χ3n) is 3.15. The molecule has 2 heterocycles. The second-order valence-corrected chi connectivity index (χ2v) is 4.65. The zero-order valence-electron chi connectivity index (χ0n) is 11.2. The molecule has 1 unspecified atom stereocenters. The molecule has 0 spiro atoms. The lowest BCUT2D eigenvalue weighted by Gasteiger charge is -2.11. The van der Waals surface area contributed by atoms with Crippen molar-refractivity contribution >= 4 is 11.0 Å². The standard InChI is InChI=1S/C15H14FN3O/c1-9-7-18-15(19-8-9)13(17-2)12-6-10-4-3-5-11(16)14(10)20-12/h3-8,13,17H,1-2H3. The quantitative estimate of drug-likeness (QED) is 0.795. The number of furan rings is 1. The molecule has 1 atom stereocenters. The van der Waals surface area contributed by atoms with Gasteiger partial charge in [0.15, 0.2) is 17.2 Å². The molecule has 3 rings (SSSR count). The largest absolute Gasteiger partial charge is 0.456 e. The van der Waals surface area contributed by atoms with E-state index in [1.807, 2.05) is 19.1 Å². The summed E-state index contributed by atoms with van der Waals surface area (Å²) in [7, 11) is 1.79. The molecule has 4 nitrogen and oxygen atoms in total. The monoisotopic (exact) mass is 271 g/mol. The Labute approximate surface area is 115 Å². The number of aryl methyl sites for hydroxylation is 1. The van der Waals surface area contributed by atoms with Crippen molar-refractivity contribution in [3.63, 3.8) is 0 Å². The minimum absolute atomic E-state index is 0.259. The Kier molecular flexibility index (Phi) is 3.20. The van der Waals surface area contributed by atoms with Crippen molar-refractivity contribution in [3.05, 3.63) is 59.6 Å². The fourth-order valence-electron chi connectivity index (χ4n) is 2.14. The Hall–Kier alpha value is -2.27. The number of aromatic nitrogens is 2. The first-order valence-corrected chi connectivity index (χ1v) is 6.33. The van der Waals surface area contributed by atoms with E-state index in [1.165, 1.54) is 6.07 Å². The van der Waals surface area contributed by atoms with Crippen LogP contribution in [0.3, 0.4) is 0 Å². The molecule has 0 bridgehead atoms. The molecule has 0 saturated heterocycles. The minimum Gasteiger partial charge on any atom is -0.456 e. The van der Waals surface area contributed by atoms with E-state index in [4.69, 9.17) is 4.42 Å². The van der Waals surface area contributed by atoms with Gasteiger partial charge >= 0.3 is 0 Å². The first-order valence-electron chi connectivity index (χ1n) is 6.33. The normalized spacial score (nSPS) is 12.8. The molecule has 5 heteroatoms. The molecule has 0 fully saturated rings. The van der Waals surface area contributed by atoms with E-state index < -0.39 is 0 Å². The highest BCUT2D eigenvalue weighted by atomic mass is 19.1. The summed E-state index contributed by atoms with van der Waals surface area (Å²) in [5.41, 5.74) is 1.24. The fourth-order valence-corrected chi connectivity index (χ4v) is 2.14. The summed E-state index contributed by atoms with van der Waals surface area (Å²) in [5, 5.41) is 3.82. The van der Waals surface area contributed by atoms with Gasteiger partial charge in [-0.1, -0.05) is 12.1 Å². The summed E-state index contributed by atoms with van der Waals surface area (Å²) in [5.74, 6) is 0.822. The maximum atomic E-state index is 13.7. The van der Waals surface area contributed by atoms with Gasteiger partial charge in [-0.25, -0.2) is 14.4 Å². The Morgan fingerprint density at radius 2 is 2.00 bits per heavy atom. The Balaban J connectivity index is 2.07. The van der Waals surface area contributed by atoms with E-state index in [-0.39, 0.29) is 17.4 Å². The molecule has 3 aromatic rings. The van der Waals surface area contributed by atoms with Crippen molar-refractivity contribution in [1.82, 2.24) is 15.3 Å². The Morgan fingerprint density at radius 1 is 1.25 bits per heavy atom. The number of fused-ring (bicyclic) bond motifs is 1. The minimum atomic E-state index is -0.367. The Morgan fingerprint density at radius 3 is 2.65 bits per heavy atom. The molecule has 0 radical (unpaired) electrons. The maximum absolute atomic E-state index is 13.7. The highest BCUT2D eigenvalue weighted by molar-refractivity contribution is 5.78. The lowest BCUT2D eigenvalue weighted by atomic mass is 10.2. The summed E-state index contributed by atoms with van der Waals surface area (Å²) in [6, 6.07) is 6.36. The molecule has 1 aromatic carbocycles. The van der Waals surface area contributed by atoms with Crippen LogP contribution in [0.15, 0.2) is 41.1 Å². The molecular weight excluding hydrogens is 257 g/mol. The first kappa shape index (κ1) is 12.7. The third kappa shape index (κ3) is 2.16. The van der Waals surface area contributed by atoms with Crippen molar-refractivity contribution < 1.29 is 8.81 Å². The number of benzene rings is 1. The highest BCUT2D eigenvalue weighted by Gasteiger charge is 2.20. The molecular formula is C15H14FN3O. The Bertz CT molecular complexity index is 736. The number of hydrogen-bond acceptors (Lipinski definition) is 4. The SMILES string of the molecule is CNC(c1ncc(C)cn1)c1cc2cccc(F)c2o1. The fraction of sp³-hybridized carbons (Fsp3) is 0.200. The zero-order chi connectivity index (χ0) is 14.1. The number of nitrogens with one attached hydrogen (secondary N) is 1. The summed E-state index contributed by atoms with van der Waals surface area (Å²) < 4.78 is 19.3. The van der Waals surface area contributed by atoms with E-state index in [1.54, 1.807) is 25.5 Å². The summed E-state index contributed by atoms with van der Waals surface area (Å²) in [6.45, 7) is 1.93. The topological polar surface area (TPSA) is 51.0 Å². The number of rotatable bonds is 3. The van der Waals surface area contributed by atoms with Crippen LogP contribution < -0.4 is 5.32 Å². The van der Waals surface area contributed by atoms with Crippen LogP contribution in [0.4, 0.5) is 4.39 Å². The van der Waals surface area contributed by atoms with E-state index in [0.29, 0.717) is 11.6 Å². The van der Waals surface area contributed by atoms with Crippen molar-refractivity contribution in [1.29, 1.82) is 0 Å². The van der Waals surface area contributed by atoms with E-state index >= 15 is 0 Å². The third-order valence-corrected chi connectivity index (χ3v) is 3.15. The average Bonchev–Trinajstić information content (AvgIpc) is 2.87. The predicted molar refractivity (Wildman–Crippen MR) is 73.8 cm³/mol. The van der Waals surface area contributed by atoms with Crippen LogP contribution in [0.25, 0.3) is 11.0 Å². The summed E-state index contributed by atoms with van der Waals surface area (Å²) in [6.07, 6.45) is 3.49. The number of nitrogens with zero attached hydrogens (tertiary/aromatic N) is 2. The van der Waals surface area contributed by atoms with Crippen LogP contribution in [-0.2, 0) is 0 Å². The molecule has 2 aromatic heterocycles. The van der Waals surface area contributed by atoms with Crippen LogP contribution in [0.5, 0.6) is 0 Å². The molecule has 1 N–H and O–H groups in total. The summed E-state index contributed by atoms with van der Waals surface area (Å²) in [4.78, 5) is 8.58. The summed E-state index contributed by atoms with van der Waals surface area (Å²) >= 11 is 0. The van der Waals surface area contributed by atoms with Crippen LogP contribution in [-0.4, -0.2) is 17.0 Å². The van der Waals surface area contributed by atoms with E-state index in [9.17, 15) is 4.39 Å². The number of hydrogen-bond donors (Lipinski definition) is 1. The molecule has 0 aliphatic rings. The van der Waals surface area contributed by atoms with Crippen molar-refractivity contribution in [2.75, 3.05) is 7.05 Å². The average molecular weight is 271 g/mol. The zero-order valence-corrected chi connectivity index (χ0v) is 11.2. The molecule has 0 amide bonds. The van der Waals surface area contributed by atoms with Crippen molar-refractivity contribution in [2.24, 2.45) is 0 Å². The predicted octanol–water partition coefficient (Wildman–Crippen LogP) is 2.98. The second-order valence-electron chi connectivity index (χ2n) is 4.65. The highest BCUT2D eigenvalue weighted by Crippen LogP contribution is 2.28. The van der Waals surface area contributed by atoms with Gasteiger partial charge in [-0.05, 0) is 31.7 Å². The number of para-hydroxylation sites is 1. The van der Waals surface area contributed by atoms with Gasteiger partial charge in [0.05, 0.1) is 0 Å². The van der Waals surface area contributed by atoms with Crippen LogP contribution in [0.1, 0.15) is 23.2 Å². The first-order chi connectivity index (χ1) is 9.69. The van der Waals surface area contributed by atoms with Crippen LogP contribution >= 0.6 is 0 Å². The van der Waals surface area contributed by atoms with Gasteiger partial charge in [0.1, 0.15) is 11.8 Å². The van der Waals surface area contributed by atoms with Gasteiger partial charge in [-0.3, -0.25) is 0 Å². The van der Waals surface area contributed by atoms with Crippen LogP contribution in [0.2, 0.25) is 0 Å². The van der Waals surface area contributed by atoms with Gasteiger partial charge in [-0.15, -0.1) is 0 Å². The maximum Gasteiger partial charge on any atom is 0.169 e. The lowest BCUT2D eigenvalue weighted by Crippen LogP contribution is -2.19. The van der Waals surface area contributed by atoms with Gasteiger partial charge in [-0.2, -0.15) is 0 Å². The molecule has 102 valence electrons. The number of halogens is 1. The van der Waals surface area contributed by atoms with Gasteiger partial charge in [0, 0.05) is 17.8 Å². The van der Waals surface area contributed by atoms with Gasteiger partial charge in [0.25, 0.3) is 0 Å². The van der Waals surface area contributed by atoms with Crippen LogP contribution in [0, 0.1) is 12.7 Å². The smallest absolute Gasteiger partial charge is 0.169 e.